The molecular weight excluding hydrogens is 216 g/mol. The Morgan fingerprint density at radius 2 is 0.882 bits per heavy atom. The molecule has 108 valence electrons. The first-order valence-corrected chi connectivity index (χ1v) is 7.07. The van der Waals surface area contributed by atoms with Crippen molar-refractivity contribution < 1.29 is 15.3 Å². The van der Waals surface area contributed by atoms with E-state index >= 15 is 0 Å². The smallest absolute Gasteiger partial charge is 0.0431 e. The Labute approximate surface area is 108 Å². The van der Waals surface area contributed by atoms with Crippen molar-refractivity contribution in [3.63, 3.8) is 0 Å². The van der Waals surface area contributed by atoms with Gasteiger partial charge >= 0.3 is 0 Å². The van der Waals surface area contributed by atoms with Gasteiger partial charge in [-0.3, -0.25) is 0 Å². The SMILES string of the molecule is CCCCCCCO.CCCCO.CCCO. The first-order valence-electron chi connectivity index (χ1n) is 7.07. The summed E-state index contributed by atoms with van der Waals surface area (Å²) in [4.78, 5) is 0. The van der Waals surface area contributed by atoms with Gasteiger partial charge in [0.15, 0.2) is 0 Å². The third-order valence-corrected chi connectivity index (χ3v) is 2.00. The van der Waals surface area contributed by atoms with Crippen molar-refractivity contribution in [3.05, 3.63) is 0 Å². The molecular formula is C14H34O3. The van der Waals surface area contributed by atoms with Crippen LogP contribution in [0, 0.1) is 0 Å². The van der Waals surface area contributed by atoms with E-state index in [0.29, 0.717) is 19.8 Å². The molecule has 0 heterocycles. The van der Waals surface area contributed by atoms with Gasteiger partial charge in [0.2, 0.25) is 0 Å². The van der Waals surface area contributed by atoms with E-state index in [0.717, 1.165) is 25.7 Å². The summed E-state index contributed by atoms with van der Waals surface area (Å²) >= 11 is 0. The van der Waals surface area contributed by atoms with Crippen LogP contribution in [0.15, 0.2) is 0 Å². The molecule has 0 bridgehead atoms. The summed E-state index contributed by atoms with van der Waals surface area (Å²) in [5.41, 5.74) is 0. The molecule has 0 aromatic carbocycles. The molecule has 0 aromatic heterocycles. The summed E-state index contributed by atoms with van der Waals surface area (Å²) in [7, 11) is 0. The minimum Gasteiger partial charge on any atom is -0.396 e. The maximum atomic E-state index is 8.37. The predicted octanol–water partition coefficient (Wildman–Crippen LogP) is 3.12. The van der Waals surface area contributed by atoms with Crippen LogP contribution in [0.2, 0.25) is 0 Å². The first kappa shape index (κ1) is 22.1. The van der Waals surface area contributed by atoms with Gasteiger partial charge in [0, 0.05) is 19.8 Å². The highest BCUT2D eigenvalue weighted by Crippen LogP contribution is 2.00. The van der Waals surface area contributed by atoms with E-state index in [4.69, 9.17) is 15.3 Å². The number of aliphatic hydroxyl groups is 3. The van der Waals surface area contributed by atoms with E-state index in [2.05, 4.69) is 13.8 Å². The summed E-state index contributed by atoms with van der Waals surface area (Å²) in [6.45, 7) is 7.20. The summed E-state index contributed by atoms with van der Waals surface area (Å²) in [5.74, 6) is 0. The zero-order valence-electron chi connectivity index (χ0n) is 12.1. The summed E-state index contributed by atoms with van der Waals surface area (Å²) in [5, 5.41) is 24.3. The van der Waals surface area contributed by atoms with Crippen LogP contribution in [-0.2, 0) is 0 Å². The van der Waals surface area contributed by atoms with Gasteiger partial charge in [0.05, 0.1) is 0 Å². The number of aliphatic hydroxyl groups excluding tert-OH is 3. The molecule has 17 heavy (non-hydrogen) atoms. The Morgan fingerprint density at radius 3 is 1.12 bits per heavy atom. The average Bonchev–Trinajstić information content (AvgIpc) is 2.37. The number of unbranched alkanes of at least 4 members (excludes halogenated alkanes) is 5. The van der Waals surface area contributed by atoms with Crippen LogP contribution in [0.1, 0.15) is 72.1 Å². The van der Waals surface area contributed by atoms with Crippen molar-refractivity contribution in [2.24, 2.45) is 0 Å². The van der Waals surface area contributed by atoms with Crippen LogP contribution >= 0.6 is 0 Å². The summed E-state index contributed by atoms with van der Waals surface area (Å²) in [6.07, 6.45) is 8.99. The predicted molar refractivity (Wildman–Crippen MR) is 75.2 cm³/mol. The first-order chi connectivity index (χ1) is 8.24. The zero-order valence-corrected chi connectivity index (χ0v) is 12.1. The van der Waals surface area contributed by atoms with E-state index in [-0.39, 0.29) is 0 Å². The largest absolute Gasteiger partial charge is 0.396 e. The van der Waals surface area contributed by atoms with Gasteiger partial charge in [-0.1, -0.05) is 52.9 Å². The highest BCUT2D eigenvalue weighted by Gasteiger charge is 1.84. The van der Waals surface area contributed by atoms with Gasteiger partial charge in [0.1, 0.15) is 0 Å². The molecule has 0 saturated carbocycles. The molecule has 3 heteroatoms. The molecule has 0 rings (SSSR count). The van der Waals surface area contributed by atoms with Gasteiger partial charge in [0.25, 0.3) is 0 Å². The Balaban J connectivity index is -0.000000188. The van der Waals surface area contributed by atoms with E-state index in [1.807, 2.05) is 6.92 Å². The van der Waals surface area contributed by atoms with Crippen LogP contribution in [0.5, 0.6) is 0 Å². The van der Waals surface area contributed by atoms with Gasteiger partial charge < -0.3 is 15.3 Å². The maximum absolute atomic E-state index is 8.37. The number of hydrogen-bond acceptors (Lipinski definition) is 3. The van der Waals surface area contributed by atoms with Gasteiger partial charge in [-0.25, -0.2) is 0 Å². The zero-order chi connectivity index (χ0) is 13.8. The number of rotatable bonds is 8. The second-order valence-corrected chi connectivity index (χ2v) is 3.94. The molecule has 0 atom stereocenters. The summed E-state index contributed by atoms with van der Waals surface area (Å²) < 4.78 is 0. The van der Waals surface area contributed by atoms with Crippen molar-refractivity contribution in [2.45, 2.75) is 72.1 Å². The lowest BCUT2D eigenvalue weighted by Crippen LogP contribution is -1.81. The second-order valence-electron chi connectivity index (χ2n) is 3.94. The molecule has 0 amide bonds. The molecule has 3 N–H and O–H groups in total. The normalized spacial score (nSPS) is 8.82. The van der Waals surface area contributed by atoms with Gasteiger partial charge in [-0.05, 0) is 19.3 Å². The molecule has 0 aliphatic carbocycles. The van der Waals surface area contributed by atoms with E-state index in [9.17, 15) is 0 Å². The third-order valence-electron chi connectivity index (χ3n) is 2.00. The van der Waals surface area contributed by atoms with Crippen LogP contribution in [0.25, 0.3) is 0 Å². The average molecular weight is 250 g/mol. The molecule has 0 saturated heterocycles. The summed E-state index contributed by atoms with van der Waals surface area (Å²) in [6, 6.07) is 0. The van der Waals surface area contributed by atoms with Crippen molar-refractivity contribution >= 4 is 0 Å². The highest BCUT2D eigenvalue weighted by atomic mass is 16.3. The fourth-order valence-electron chi connectivity index (χ4n) is 0.873. The van der Waals surface area contributed by atoms with Gasteiger partial charge in [-0.15, -0.1) is 0 Å². The van der Waals surface area contributed by atoms with Crippen molar-refractivity contribution in [3.8, 4) is 0 Å². The molecule has 0 aliphatic rings. The molecule has 0 unspecified atom stereocenters. The Kier molecular flexibility index (Phi) is 38.6. The molecule has 0 fully saturated rings. The fourth-order valence-corrected chi connectivity index (χ4v) is 0.873. The topological polar surface area (TPSA) is 60.7 Å². The maximum Gasteiger partial charge on any atom is 0.0431 e. The Hall–Kier alpha value is -0.120. The van der Waals surface area contributed by atoms with Crippen LogP contribution in [-0.4, -0.2) is 35.1 Å². The Bertz CT molecular complexity index is 77.5. The molecule has 0 aliphatic heterocycles. The lowest BCUT2D eigenvalue weighted by Gasteiger charge is -1.93. The Morgan fingerprint density at radius 1 is 0.471 bits per heavy atom. The van der Waals surface area contributed by atoms with Crippen LogP contribution < -0.4 is 0 Å². The third kappa shape index (κ3) is 49.3. The minimum atomic E-state index is 0.319. The van der Waals surface area contributed by atoms with Crippen LogP contribution in [0.3, 0.4) is 0 Å². The van der Waals surface area contributed by atoms with Crippen molar-refractivity contribution in [2.75, 3.05) is 19.8 Å². The minimum absolute atomic E-state index is 0.319. The highest BCUT2D eigenvalue weighted by molar-refractivity contribution is 4.39. The molecule has 0 radical (unpaired) electrons. The second kappa shape index (κ2) is 29.7. The quantitative estimate of drug-likeness (QED) is 0.580. The van der Waals surface area contributed by atoms with Crippen molar-refractivity contribution in [1.82, 2.24) is 0 Å². The standard InChI is InChI=1S/C7H16O.C4H10O.C3H8O/c1-2-3-4-5-6-7-8;1-2-3-4-5;1-2-3-4/h8H,2-7H2,1H3;5H,2-4H2,1H3;4H,2-3H2,1H3. The van der Waals surface area contributed by atoms with E-state index < -0.39 is 0 Å². The molecule has 0 aromatic rings. The molecule has 3 nitrogen and oxygen atoms in total. The van der Waals surface area contributed by atoms with Gasteiger partial charge in [-0.2, -0.15) is 0 Å². The van der Waals surface area contributed by atoms with Crippen molar-refractivity contribution in [1.29, 1.82) is 0 Å². The number of hydrogen-bond donors (Lipinski definition) is 3. The van der Waals surface area contributed by atoms with Crippen LogP contribution in [0.4, 0.5) is 0 Å². The van der Waals surface area contributed by atoms with E-state index in [1.165, 1.54) is 25.7 Å². The fraction of sp³-hybridized carbons (Fsp3) is 1.00. The lowest BCUT2D eigenvalue weighted by atomic mass is 10.2. The molecule has 0 spiro atoms. The lowest BCUT2D eigenvalue weighted by molar-refractivity contribution is 0.282. The van der Waals surface area contributed by atoms with E-state index in [1.54, 1.807) is 0 Å². The monoisotopic (exact) mass is 250 g/mol.